The van der Waals surface area contributed by atoms with Crippen molar-refractivity contribution in [3.63, 3.8) is 0 Å². The van der Waals surface area contributed by atoms with Crippen LogP contribution in [0.15, 0.2) is 42.5 Å². The summed E-state index contributed by atoms with van der Waals surface area (Å²) in [6.07, 6.45) is 1.37. The van der Waals surface area contributed by atoms with Crippen molar-refractivity contribution in [2.75, 3.05) is 23.4 Å². The fraction of sp³-hybridized carbons (Fsp3) is 0.211. The predicted molar refractivity (Wildman–Crippen MR) is 98.4 cm³/mol. The first-order valence-corrected chi connectivity index (χ1v) is 8.65. The van der Waals surface area contributed by atoms with Gasteiger partial charge in [0, 0.05) is 24.3 Å². The highest BCUT2D eigenvalue weighted by Gasteiger charge is 2.21. The Kier molecular flexibility index (Phi) is 5.71. The SMILES string of the molecule is O=C(COC(=O)c1c(F)cccc1Cl)Nc1ccc(N2CCCC2=O)cc1. The third-order valence-electron chi connectivity index (χ3n) is 4.04. The normalized spacial score (nSPS) is 13.6. The highest BCUT2D eigenvalue weighted by molar-refractivity contribution is 6.33. The number of carbonyl (C=O) groups excluding carboxylic acids is 3. The smallest absolute Gasteiger partial charge is 0.343 e. The Balaban J connectivity index is 1.55. The van der Waals surface area contributed by atoms with E-state index in [1.54, 1.807) is 29.2 Å². The van der Waals surface area contributed by atoms with Crippen LogP contribution in [0.4, 0.5) is 15.8 Å². The number of nitrogens with zero attached hydrogens (tertiary/aromatic N) is 1. The van der Waals surface area contributed by atoms with E-state index < -0.39 is 29.9 Å². The Morgan fingerprint density at radius 1 is 1.19 bits per heavy atom. The van der Waals surface area contributed by atoms with E-state index in [4.69, 9.17) is 16.3 Å². The number of ether oxygens (including phenoxy) is 1. The van der Waals surface area contributed by atoms with Crippen LogP contribution < -0.4 is 10.2 Å². The summed E-state index contributed by atoms with van der Waals surface area (Å²) in [6, 6.07) is 10.5. The lowest BCUT2D eigenvalue weighted by molar-refractivity contribution is -0.119. The van der Waals surface area contributed by atoms with Crippen molar-refractivity contribution in [2.24, 2.45) is 0 Å². The van der Waals surface area contributed by atoms with Gasteiger partial charge in [-0.3, -0.25) is 9.59 Å². The summed E-state index contributed by atoms with van der Waals surface area (Å²) in [5.41, 5.74) is 0.832. The molecule has 2 aromatic rings. The number of amides is 2. The van der Waals surface area contributed by atoms with Gasteiger partial charge in [0.25, 0.3) is 5.91 Å². The van der Waals surface area contributed by atoms with Gasteiger partial charge in [0.1, 0.15) is 11.4 Å². The highest BCUT2D eigenvalue weighted by Crippen LogP contribution is 2.23. The third kappa shape index (κ3) is 4.43. The quantitative estimate of drug-likeness (QED) is 0.794. The Labute approximate surface area is 159 Å². The molecule has 2 amide bonds. The number of anilines is 2. The van der Waals surface area contributed by atoms with Crippen LogP contribution in [0.1, 0.15) is 23.2 Å². The van der Waals surface area contributed by atoms with Crippen molar-refractivity contribution in [3.05, 3.63) is 58.9 Å². The van der Waals surface area contributed by atoms with Crippen molar-refractivity contribution in [1.29, 1.82) is 0 Å². The number of hydrogen-bond donors (Lipinski definition) is 1. The Morgan fingerprint density at radius 3 is 2.56 bits per heavy atom. The Morgan fingerprint density at radius 2 is 1.93 bits per heavy atom. The molecule has 27 heavy (non-hydrogen) atoms. The molecule has 1 N–H and O–H groups in total. The van der Waals surface area contributed by atoms with Gasteiger partial charge in [-0.15, -0.1) is 0 Å². The second-order valence-corrected chi connectivity index (χ2v) is 6.32. The van der Waals surface area contributed by atoms with E-state index in [1.807, 2.05) is 0 Å². The number of benzene rings is 2. The molecule has 0 unspecified atom stereocenters. The van der Waals surface area contributed by atoms with Gasteiger partial charge < -0.3 is 15.0 Å². The van der Waals surface area contributed by atoms with Crippen LogP contribution in [0, 0.1) is 5.82 Å². The predicted octanol–water partition coefficient (Wildman–Crippen LogP) is 3.40. The second-order valence-electron chi connectivity index (χ2n) is 5.92. The van der Waals surface area contributed by atoms with E-state index in [2.05, 4.69) is 5.32 Å². The van der Waals surface area contributed by atoms with E-state index in [0.29, 0.717) is 18.7 Å². The standard InChI is InChI=1S/C19H16ClFN2O4/c20-14-3-1-4-15(21)18(14)19(26)27-11-16(24)22-12-6-8-13(9-7-12)23-10-2-5-17(23)25/h1,3-4,6-9H,2,5,10-11H2,(H,22,24). The van der Waals surface area contributed by atoms with Crippen LogP contribution >= 0.6 is 11.6 Å². The number of hydrogen-bond acceptors (Lipinski definition) is 4. The second kappa shape index (κ2) is 8.18. The first-order chi connectivity index (χ1) is 13.0. The molecule has 6 nitrogen and oxygen atoms in total. The fourth-order valence-corrected chi connectivity index (χ4v) is 2.98. The summed E-state index contributed by atoms with van der Waals surface area (Å²) in [6.45, 7) is 0.0922. The summed E-state index contributed by atoms with van der Waals surface area (Å²) < 4.78 is 18.5. The van der Waals surface area contributed by atoms with Crippen LogP contribution in [0.3, 0.4) is 0 Å². The Hall–Kier alpha value is -2.93. The van der Waals surface area contributed by atoms with Crippen molar-refractivity contribution >= 4 is 40.8 Å². The molecule has 0 spiro atoms. The van der Waals surface area contributed by atoms with E-state index in [-0.39, 0.29) is 10.9 Å². The van der Waals surface area contributed by atoms with Gasteiger partial charge in [0.05, 0.1) is 5.02 Å². The molecule has 0 bridgehead atoms. The minimum Gasteiger partial charge on any atom is -0.452 e. The molecule has 0 atom stereocenters. The van der Waals surface area contributed by atoms with Gasteiger partial charge in [0.15, 0.2) is 6.61 Å². The van der Waals surface area contributed by atoms with Crippen LogP contribution in [-0.4, -0.2) is 30.9 Å². The zero-order chi connectivity index (χ0) is 19.4. The van der Waals surface area contributed by atoms with Crippen molar-refractivity contribution < 1.29 is 23.5 Å². The largest absolute Gasteiger partial charge is 0.452 e. The number of nitrogens with one attached hydrogen (secondary N) is 1. The molecule has 0 saturated carbocycles. The summed E-state index contributed by atoms with van der Waals surface area (Å²) in [5.74, 6) is -2.34. The van der Waals surface area contributed by atoms with Crippen LogP contribution in [-0.2, 0) is 14.3 Å². The maximum Gasteiger partial charge on any atom is 0.343 e. The minimum absolute atomic E-state index is 0.0745. The zero-order valence-corrected chi connectivity index (χ0v) is 15.0. The number of esters is 1. The maximum atomic E-state index is 13.7. The summed E-state index contributed by atoms with van der Waals surface area (Å²) >= 11 is 5.78. The molecule has 0 aromatic heterocycles. The summed E-state index contributed by atoms with van der Waals surface area (Å²) in [5, 5.41) is 2.47. The molecular formula is C19H16ClFN2O4. The van der Waals surface area contributed by atoms with Gasteiger partial charge in [-0.2, -0.15) is 0 Å². The molecule has 2 aromatic carbocycles. The molecule has 1 aliphatic heterocycles. The monoisotopic (exact) mass is 390 g/mol. The average molecular weight is 391 g/mol. The maximum absolute atomic E-state index is 13.7. The highest BCUT2D eigenvalue weighted by atomic mass is 35.5. The molecule has 1 heterocycles. The molecule has 0 radical (unpaired) electrons. The van der Waals surface area contributed by atoms with Crippen molar-refractivity contribution in [1.82, 2.24) is 0 Å². The van der Waals surface area contributed by atoms with Gasteiger partial charge in [0.2, 0.25) is 5.91 Å². The third-order valence-corrected chi connectivity index (χ3v) is 4.35. The first kappa shape index (κ1) is 18.8. The van der Waals surface area contributed by atoms with Crippen molar-refractivity contribution in [3.8, 4) is 0 Å². The van der Waals surface area contributed by atoms with E-state index in [1.165, 1.54) is 12.1 Å². The van der Waals surface area contributed by atoms with Gasteiger partial charge in [-0.25, -0.2) is 9.18 Å². The Bertz CT molecular complexity index is 866. The zero-order valence-electron chi connectivity index (χ0n) is 14.2. The molecule has 1 saturated heterocycles. The number of carbonyl (C=O) groups is 3. The van der Waals surface area contributed by atoms with Gasteiger partial charge in [-0.05, 0) is 42.8 Å². The lowest BCUT2D eigenvalue weighted by Crippen LogP contribution is -2.24. The molecular weight excluding hydrogens is 375 g/mol. The molecule has 8 heteroatoms. The van der Waals surface area contributed by atoms with E-state index in [0.717, 1.165) is 18.2 Å². The van der Waals surface area contributed by atoms with Crippen LogP contribution in [0.2, 0.25) is 5.02 Å². The lowest BCUT2D eigenvalue weighted by Gasteiger charge is -2.16. The first-order valence-electron chi connectivity index (χ1n) is 8.27. The number of halogens is 2. The minimum atomic E-state index is -1.02. The van der Waals surface area contributed by atoms with E-state index in [9.17, 15) is 18.8 Å². The number of rotatable bonds is 5. The van der Waals surface area contributed by atoms with E-state index >= 15 is 0 Å². The summed E-state index contributed by atoms with van der Waals surface area (Å²) in [7, 11) is 0. The topological polar surface area (TPSA) is 75.7 Å². The summed E-state index contributed by atoms with van der Waals surface area (Å²) in [4.78, 5) is 37.2. The molecule has 140 valence electrons. The molecule has 1 aliphatic rings. The van der Waals surface area contributed by atoms with Crippen molar-refractivity contribution in [2.45, 2.75) is 12.8 Å². The molecule has 0 aliphatic carbocycles. The fourth-order valence-electron chi connectivity index (χ4n) is 2.74. The molecule has 1 fully saturated rings. The van der Waals surface area contributed by atoms with Gasteiger partial charge in [-0.1, -0.05) is 17.7 Å². The van der Waals surface area contributed by atoms with Crippen LogP contribution in [0.5, 0.6) is 0 Å². The lowest BCUT2D eigenvalue weighted by atomic mass is 10.2. The molecule has 3 rings (SSSR count). The van der Waals surface area contributed by atoms with Gasteiger partial charge >= 0.3 is 5.97 Å². The average Bonchev–Trinajstić information content (AvgIpc) is 3.06. The van der Waals surface area contributed by atoms with Crippen LogP contribution in [0.25, 0.3) is 0 Å².